The molecule has 21 heavy (non-hydrogen) atoms. The van der Waals surface area contributed by atoms with Gasteiger partial charge in [-0.25, -0.2) is 14.3 Å². The molecule has 108 valence electrons. The molecule has 1 N–H and O–H groups in total. The number of fused-ring (bicyclic) bond motifs is 1. The van der Waals surface area contributed by atoms with Crippen molar-refractivity contribution in [1.29, 1.82) is 0 Å². The third-order valence-corrected chi connectivity index (χ3v) is 3.60. The minimum atomic E-state index is -0.391. The number of H-pyrrole nitrogens is 1. The molecule has 0 atom stereocenters. The summed E-state index contributed by atoms with van der Waals surface area (Å²) in [5.74, 6) is 0.513. The van der Waals surface area contributed by atoms with Gasteiger partial charge in [0.2, 0.25) is 5.52 Å². The predicted octanol–water partition coefficient (Wildman–Crippen LogP) is -0.201. The molecule has 0 amide bonds. The highest BCUT2D eigenvalue weighted by Crippen LogP contribution is 2.04. The Morgan fingerprint density at radius 3 is 2.76 bits per heavy atom. The standard InChI is InChI=1S/C14H15N5O2/c1-4-9-6-5-7-19(8-9)13-15-10-11(16-13)17(2)14(21)18(3)12(10)20/h5-8H,4H2,1-3H3/p+1. The zero-order chi connectivity index (χ0) is 15.1. The first-order valence-electron chi connectivity index (χ1n) is 6.69. The van der Waals surface area contributed by atoms with E-state index in [1.165, 1.54) is 11.6 Å². The average Bonchev–Trinajstić information content (AvgIpc) is 2.96. The van der Waals surface area contributed by atoms with Gasteiger partial charge >= 0.3 is 11.6 Å². The smallest absolute Gasteiger partial charge is 0.265 e. The van der Waals surface area contributed by atoms with Crippen molar-refractivity contribution >= 4 is 11.2 Å². The summed E-state index contributed by atoms with van der Waals surface area (Å²) >= 11 is 0. The Morgan fingerprint density at radius 1 is 1.29 bits per heavy atom. The van der Waals surface area contributed by atoms with Crippen LogP contribution in [0.4, 0.5) is 0 Å². The first-order chi connectivity index (χ1) is 10.0. The van der Waals surface area contributed by atoms with Crippen LogP contribution in [0.5, 0.6) is 0 Å². The molecule has 7 nitrogen and oxygen atoms in total. The fourth-order valence-corrected chi connectivity index (χ4v) is 2.30. The third-order valence-electron chi connectivity index (χ3n) is 3.60. The van der Waals surface area contributed by atoms with Crippen LogP contribution in [0.1, 0.15) is 12.5 Å². The molecule has 7 heteroatoms. The van der Waals surface area contributed by atoms with Crippen molar-refractivity contribution in [3.8, 4) is 5.95 Å². The van der Waals surface area contributed by atoms with Crippen LogP contribution in [-0.2, 0) is 20.5 Å². The van der Waals surface area contributed by atoms with Crippen molar-refractivity contribution in [3.05, 3.63) is 50.9 Å². The van der Waals surface area contributed by atoms with E-state index in [1.54, 1.807) is 7.05 Å². The summed E-state index contributed by atoms with van der Waals surface area (Å²) in [5, 5.41) is 0. The first-order valence-corrected chi connectivity index (χ1v) is 6.69. The lowest BCUT2D eigenvalue weighted by molar-refractivity contribution is -0.603. The second-order valence-corrected chi connectivity index (χ2v) is 4.94. The molecule has 3 aromatic heterocycles. The van der Waals surface area contributed by atoms with Gasteiger partial charge in [0.25, 0.3) is 11.2 Å². The number of rotatable bonds is 2. The minimum Gasteiger partial charge on any atom is -0.265 e. The summed E-state index contributed by atoms with van der Waals surface area (Å²) in [5.41, 5.74) is 1.06. The average molecular weight is 286 g/mol. The number of hydrogen-bond acceptors (Lipinski definition) is 3. The van der Waals surface area contributed by atoms with Gasteiger partial charge in [0.1, 0.15) is 0 Å². The van der Waals surface area contributed by atoms with Gasteiger partial charge in [0.15, 0.2) is 0 Å². The SMILES string of the molecule is CCc1ccc[n+](-c2nc3c([nH]2)c(=O)n(C)c(=O)n3C)c1. The molecule has 3 aromatic rings. The van der Waals surface area contributed by atoms with E-state index < -0.39 is 5.69 Å². The van der Waals surface area contributed by atoms with Gasteiger partial charge < -0.3 is 0 Å². The number of pyridine rings is 1. The number of aryl methyl sites for hydroxylation is 2. The maximum absolute atomic E-state index is 12.1. The van der Waals surface area contributed by atoms with E-state index in [-0.39, 0.29) is 5.56 Å². The summed E-state index contributed by atoms with van der Waals surface area (Å²) in [6, 6.07) is 3.94. The number of aromatic amines is 1. The summed E-state index contributed by atoms with van der Waals surface area (Å²) in [7, 11) is 3.05. The lowest BCUT2D eigenvalue weighted by Gasteiger charge is -1.98. The molecule has 0 unspecified atom stereocenters. The van der Waals surface area contributed by atoms with Gasteiger partial charge in [-0.1, -0.05) is 13.0 Å². The van der Waals surface area contributed by atoms with Crippen LogP contribution in [0.3, 0.4) is 0 Å². The van der Waals surface area contributed by atoms with Crippen molar-refractivity contribution in [3.63, 3.8) is 0 Å². The van der Waals surface area contributed by atoms with Crippen LogP contribution in [-0.4, -0.2) is 19.1 Å². The van der Waals surface area contributed by atoms with E-state index in [4.69, 9.17) is 0 Å². The molecule has 0 spiro atoms. The van der Waals surface area contributed by atoms with Crippen molar-refractivity contribution in [1.82, 2.24) is 19.1 Å². The Bertz CT molecular complexity index is 948. The summed E-state index contributed by atoms with van der Waals surface area (Å²) in [6.07, 6.45) is 4.70. The second-order valence-electron chi connectivity index (χ2n) is 4.94. The largest absolute Gasteiger partial charge is 0.403 e. The van der Waals surface area contributed by atoms with Gasteiger partial charge in [0, 0.05) is 14.1 Å². The number of nitrogens with one attached hydrogen (secondary N) is 1. The van der Waals surface area contributed by atoms with Crippen LogP contribution in [0.2, 0.25) is 0 Å². The maximum atomic E-state index is 12.1. The summed E-state index contributed by atoms with van der Waals surface area (Å²) in [4.78, 5) is 31.4. The van der Waals surface area contributed by atoms with E-state index >= 15 is 0 Å². The van der Waals surface area contributed by atoms with Crippen molar-refractivity contribution < 1.29 is 4.57 Å². The van der Waals surface area contributed by atoms with Crippen LogP contribution < -0.4 is 15.8 Å². The van der Waals surface area contributed by atoms with Gasteiger partial charge in [0.05, 0.1) is 12.4 Å². The number of hydrogen-bond donors (Lipinski definition) is 1. The molecule has 0 aliphatic heterocycles. The quantitative estimate of drug-likeness (QED) is 0.663. The molecule has 0 radical (unpaired) electrons. The monoisotopic (exact) mass is 286 g/mol. The first kappa shape index (κ1) is 13.3. The Morgan fingerprint density at radius 2 is 2.05 bits per heavy atom. The second kappa shape index (κ2) is 4.69. The minimum absolute atomic E-state index is 0.323. The topological polar surface area (TPSA) is 76.6 Å². The summed E-state index contributed by atoms with van der Waals surface area (Å²) in [6.45, 7) is 2.07. The molecule has 3 rings (SSSR count). The molecule has 0 aliphatic carbocycles. The van der Waals surface area contributed by atoms with Gasteiger partial charge in [-0.2, -0.15) is 0 Å². The normalized spacial score (nSPS) is 11.2. The van der Waals surface area contributed by atoms with Crippen molar-refractivity contribution in [2.24, 2.45) is 14.1 Å². The lowest BCUT2D eigenvalue weighted by atomic mass is 10.2. The van der Waals surface area contributed by atoms with Crippen LogP contribution in [0, 0.1) is 0 Å². The van der Waals surface area contributed by atoms with Gasteiger partial charge in [-0.05, 0) is 23.0 Å². The lowest BCUT2D eigenvalue weighted by Crippen LogP contribution is -2.36. The van der Waals surface area contributed by atoms with E-state index in [9.17, 15) is 9.59 Å². The Kier molecular flexibility index (Phi) is 2.97. The van der Waals surface area contributed by atoms with Crippen LogP contribution >= 0.6 is 0 Å². The van der Waals surface area contributed by atoms with Gasteiger partial charge in [-0.3, -0.25) is 13.9 Å². The molecule has 3 heterocycles. The Hall–Kier alpha value is -2.70. The maximum Gasteiger partial charge on any atom is 0.403 e. The molecule has 0 aromatic carbocycles. The van der Waals surface area contributed by atoms with Crippen LogP contribution in [0.25, 0.3) is 17.1 Å². The zero-order valence-electron chi connectivity index (χ0n) is 12.1. The fourth-order valence-electron chi connectivity index (χ4n) is 2.30. The van der Waals surface area contributed by atoms with E-state index in [0.29, 0.717) is 17.1 Å². The Balaban J connectivity index is 2.31. The summed E-state index contributed by atoms with van der Waals surface area (Å²) < 4.78 is 4.24. The van der Waals surface area contributed by atoms with Gasteiger partial charge in [-0.15, -0.1) is 0 Å². The number of nitrogens with zero attached hydrogens (tertiary/aromatic N) is 4. The highest BCUT2D eigenvalue weighted by atomic mass is 16.2. The molecule has 0 saturated heterocycles. The predicted molar refractivity (Wildman–Crippen MR) is 77.5 cm³/mol. The molecule has 0 bridgehead atoms. The number of imidazole rings is 1. The number of aromatic nitrogens is 5. The highest BCUT2D eigenvalue weighted by molar-refractivity contribution is 5.70. The van der Waals surface area contributed by atoms with E-state index in [2.05, 4.69) is 16.9 Å². The molecule has 0 aliphatic rings. The molecular formula is C14H16N5O2+. The van der Waals surface area contributed by atoms with Crippen molar-refractivity contribution in [2.75, 3.05) is 0 Å². The molecule has 0 saturated carbocycles. The third kappa shape index (κ3) is 1.97. The fraction of sp³-hybridized carbons (Fsp3) is 0.286. The van der Waals surface area contributed by atoms with E-state index in [0.717, 1.165) is 16.6 Å². The zero-order valence-corrected chi connectivity index (χ0v) is 12.1. The molecule has 0 fully saturated rings. The highest BCUT2D eigenvalue weighted by Gasteiger charge is 2.21. The van der Waals surface area contributed by atoms with Crippen LogP contribution in [0.15, 0.2) is 34.1 Å². The Labute approximate surface area is 120 Å². The molecular weight excluding hydrogens is 270 g/mol. The van der Waals surface area contributed by atoms with Crippen molar-refractivity contribution in [2.45, 2.75) is 13.3 Å². The van der Waals surface area contributed by atoms with E-state index in [1.807, 2.05) is 29.1 Å².